The average molecular weight is 255 g/mol. The summed E-state index contributed by atoms with van der Waals surface area (Å²) < 4.78 is 0. The Kier molecular flexibility index (Phi) is 4.97. The van der Waals surface area contributed by atoms with Gasteiger partial charge in [-0.15, -0.1) is 12.4 Å². The van der Waals surface area contributed by atoms with Gasteiger partial charge in [-0.25, -0.2) is 0 Å². The monoisotopic (exact) mass is 254 g/mol. The van der Waals surface area contributed by atoms with E-state index in [9.17, 15) is 4.79 Å². The second-order valence-corrected chi connectivity index (χ2v) is 4.32. The molecule has 0 radical (unpaired) electrons. The number of amides is 1. The van der Waals surface area contributed by atoms with Crippen molar-refractivity contribution in [2.24, 2.45) is 0 Å². The van der Waals surface area contributed by atoms with Crippen molar-refractivity contribution in [1.82, 2.24) is 10.2 Å². The normalized spacial score (nSPS) is 16.5. The fourth-order valence-electron chi connectivity index (χ4n) is 2.13. The highest BCUT2D eigenvalue weighted by atomic mass is 35.5. The van der Waals surface area contributed by atoms with Gasteiger partial charge in [0.1, 0.15) is 0 Å². The minimum absolute atomic E-state index is 0. The fourth-order valence-corrected chi connectivity index (χ4v) is 2.13. The number of likely N-dealkylation sites (N-methyl/N-ethyl adjacent to an activating group) is 2. The first-order valence-electron chi connectivity index (χ1n) is 5.71. The van der Waals surface area contributed by atoms with Gasteiger partial charge in [-0.2, -0.15) is 0 Å². The van der Waals surface area contributed by atoms with Crippen LogP contribution in [0.3, 0.4) is 0 Å². The first-order valence-corrected chi connectivity index (χ1v) is 5.71. The van der Waals surface area contributed by atoms with Crippen LogP contribution >= 0.6 is 12.4 Å². The number of carbonyl (C=O) groups is 1. The lowest BCUT2D eigenvalue weighted by Crippen LogP contribution is -2.39. The summed E-state index contributed by atoms with van der Waals surface area (Å²) in [5.41, 5.74) is 2.53. The van der Waals surface area contributed by atoms with Gasteiger partial charge in [-0.1, -0.05) is 24.3 Å². The Balaban J connectivity index is 0.00000144. The van der Waals surface area contributed by atoms with Crippen LogP contribution in [0.4, 0.5) is 0 Å². The molecule has 1 amide bonds. The fraction of sp³-hybridized carbons (Fsp3) is 0.462. The number of nitrogens with one attached hydrogen (secondary N) is 1. The van der Waals surface area contributed by atoms with Crippen molar-refractivity contribution >= 4 is 18.3 Å². The molecule has 1 aromatic rings. The van der Waals surface area contributed by atoms with Crippen LogP contribution in [0.2, 0.25) is 0 Å². The summed E-state index contributed by atoms with van der Waals surface area (Å²) >= 11 is 0. The van der Waals surface area contributed by atoms with Crippen LogP contribution in [0.5, 0.6) is 0 Å². The summed E-state index contributed by atoms with van der Waals surface area (Å²) in [5.74, 6) is 0.340. The molecule has 0 heterocycles. The molecule has 3 nitrogen and oxygen atoms in total. The molecule has 1 unspecified atom stereocenters. The Morgan fingerprint density at radius 2 is 2.18 bits per heavy atom. The molecule has 1 aromatic carbocycles. The molecule has 0 saturated heterocycles. The molecule has 17 heavy (non-hydrogen) atoms. The third-order valence-electron chi connectivity index (χ3n) is 3.23. The van der Waals surface area contributed by atoms with Gasteiger partial charge >= 0.3 is 0 Å². The molecular formula is C13H19ClN2O. The summed E-state index contributed by atoms with van der Waals surface area (Å²) in [6.07, 6.45) is 0.902. The number of hydrogen-bond donors (Lipinski definition) is 1. The van der Waals surface area contributed by atoms with Crippen molar-refractivity contribution in [1.29, 1.82) is 0 Å². The summed E-state index contributed by atoms with van der Waals surface area (Å²) in [6.45, 7) is 1.62. The molecule has 2 rings (SSSR count). The molecule has 0 spiro atoms. The molecule has 4 heteroatoms. The van der Waals surface area contributed by atoms with Crippen molar-refractivity contribution in [3.8, 4) is 0 Å². The lowest BCUT2D eigenvalue weighted by atomic mass is 9.77. The molecule has 0 aliphatic heterocycles. The molecule has 1 aliphatic rings. The van der Waals surface area contributed by atoms with Crippen molar-refractivity contribution in [3.63, 3.8) is 0 Å². The highest BCUT2D eigenvalue weighted by Gasteiger charge is 2.33. The van der Waals surface area contributed by atoms with Crippen molar-refractivity contribution < 1.29 is 4.79 Å². The zero-order valence-electron chi connectivity index (χ0n) is 10.3. The van der Waals surface area contributed by atoms with E-state index < -0.39 is 0 Å². The largest absolute Gasteiger partial charge is 0.344 e. The van der Waals surface area contributed by atoms with Crippen LogP contribution < -0.4 is 5.32 Å². The lowest BCUT2D eigenvalue weighted by molar-refractivity contribution is -0.132. The summed E-state index contributed by atoms with van der Waals surface area (Å²) in [6, 6.07) is 8.20. The van der Waals surface area contributed by atoms with Crippen molar-refractivity contribution in [2.75, 3.05) is 27.2 Å². The zero-order valence-corrected chi connectivity index (χ0v) is 11.1. The van der Waals surface area contributed by atoms with Gasteiger partial charge in [0.15, 0.2) is 0 Å². The minimum Gasteiger partial charge on any atom is -0.344 e. The van der Waals surface area contributed by atoms with Crippen LogP contribution in [-0.2, 0) is 11.2 Å². The molecule has 0 fully saturated rings. The maximum Gasteiger partial charge on any atom is 0.230 e. The molecule has 0 aromatic heterocycles. The standard InChI is InChI=1S/C13H18N2O.ClH/c1-14-7-8-15(2)13(16)12-9-10-5-3-4-6-11(10)12;/h3-6,12,14H,7-9H2,1-2H3;1H. The smallest absolute Gasteiger partial charge is 0.230 e. The van der Waals surface area contributed by atoms with E-state index in [4.69, 9.17) is 0 Å². The number of benzene rings is 1. The van der Waals surface area contributed by atoms with Crippen LogP contribution in [-0.4, -0.2) is 38.0 Å². The van der Waals surface area contributed by atoms with Crippen LogP contribution in [0.15, 0.2) is 24.3 Å². The van der Waals surface area contributed by atoms with Gasteiger partial charge in [0, 0.05) is 20.1 Å². The van der Waals surface area contributed by atoms with Gasteiger partial charge < -0.3 is 10.2 Å². The predicted octanol–water partition coefficient (Wildman–Crippen LogP) is 1.43. The second-order valence-electron chi connectivity index (χ2n) is 4.32. The highest BCUT2D eigenvalue weighted by Crippen LogP contribution is 2.35. The van der Waals surface area contributed by atoms with Crippen LogP contribution in [0.25, 0.3) is 0 Å². The minimum atomic E-state index is 0. The molecule has 0 saturated carbocycles. The SMILES string of the molecule is CNCCN(C)C(=O)C1Cc2ccccc21.Cl. The van der Waals surface area contributed by atoms with E-state index >= 15 is 0 Å². The molecule has 0 bridgehead atoms. The van der Waals surface area contributed by atoms with E-state index in [2.05, 4.69) is 17.4 Å². The summed E-state index contributed by atoms with van der Waals surface area (Å²) in [4.78, 5) is 13.9. The van der Waals surface area contributed by atoms with Gasteiger partial charge in [-0.05, 0) is 24.6 Å². The Morgan fingerprint density at radius 1 is 1.47 bits per heavy atom. The predicted molar refractivity (Wildman–Crippen MR) is 71.7 cm³/mol. The van der Waals surface area contributed by atoms with Crippen molar-refractivity contribution in [2.45, 2.75) is 12.3 Å². The zero-order chi connectivity index (χ0) is 11.5. The first-order chi connectivity index (χ1) is 7.74. The molecular weight excluding hydrogens is 236 g/mol. The topological polar surface area (TPSA) is 32.3 Å². The van der Waals surface area contributed by atoms with Gasteiger partial charge in [0.2, 0.25) is 5.91 Å². The first kappa shape index (κ1) is 14.0. The van der Waals surface area contributed by atoms with E-state index in [1.54, 1.807) is 0 Å². The molecule has 1 atom stereocenters. The Morgan fingerprint density at radius 3 is 2.82 bits per heavy atom. The van der Waals surface area contributed by atoms with E-state index in [0.717, 1.165) is 19.5 Å². The third kappa shape index (κ3) is 2.79. The number of halogens is 1. The van der Waals surface area contributed by atoms with E-state index in [1.807, 2.05) is 31.1 Å². The average Bonchev–Trinajstić information content (AvgIpc) is 2.27. The lowest BCUT2D eigenvalue weighted by Gasteiger charge is -2.32. The maximum absolute atomic E-state index is 12.1. The van der Waals surface area contributed by atoms with Crippen LogP contribution in [0, 0.1) is 0 Å². The highest BCUT2D eigenvalue weighted by molar-refractivity contribution is 5.86. The maximum atomic E-state index is 12.1. The third-order valence-corrected chi connectivity index (χ3v) is 3.23. The van der Waals surface area contributed by atoms with E-state index in [0.29, 0.717) is 0 Å². The van der Waals surface area contributed by atoms with Gasteiger partial charge in [0.25, 0.3) is 0 Å². The van der Waals surface area contributed by atoms with E-state index in [-0.39, 0.29) is 24.2 Å². The number of rotatable bonds is 4. The Bertz CT molecular complexity index is 395. The van der Waals surface area contributed by atoms with Crippen LogP contribution in [0.1, 0.15) is 17.0 Å². The van der Waals surface area contributed by atoms with Gasteiger partial charge in [-0.3, -0.25) is 4.79 Å². The number of nitrogens with zero attached hydrogens (tertiary/aromatic N) is 1. The quantitative estimate of drug-likeness (QED) is 0.882. The number of hydrogen-bond acceptors (Lipinski definition) is 2. The summed E-state index contributed by atoms with van der Waals surface area (Å²) in [7, 11) is 3.78. The van der Waals surface area contributed by atoms with Gasteiger partial charge in [0.05, 0.1) is 5.92 Å². The van der Waals surface area contributed by atoms with Crippen molar-refractivity contribution in [3.05, 3.63) is 35.4 Å². The number of fused-ring (bicyclic) bond motifs is 1. The Labute approximate surface area is 109 Å². The molecule has 1 aliphatic carbocycles. The number of carbonyl (C=O) groups excluding carboxylic acids is 1. The molecule has 1 N–H and O–H groups in total. The second kappa shape index (κ2) is 6.03. The molecule has 94 valence electrons. The Hall–Kier alpha value is -1.06. The summed E-state index contributed by atoms with van der Waals surface area (Å²) in [5, 5.41) is 3.05. The van der Waals surface area contributed by atoms with E-state index in [1.165, 1.54) is 11.1 Å².